The van der Waals surface area contributed by atoms with Crippen LogP contribution in [0, 0.1) is 5.82 Å². The van der Waals surface area contributed by atoms with Gasteiger partial charge in [0.05, 0.1) is 18.4 Å². The van der Waals surface area contributed by atoms with E-state index in [-0.39, 0.29) is 17.8 Å². The van der Waals surface area contributed by atoms with Gasteiger partial charge in [0.2, 0.25) is 0 Å². The van der Waals surface area contributed by atoms with Crippen molar-refractivity contribution in [2.24, 2.45) is 0 Å². The highest BCUT2D eigenvalue weighted by Crippen LogP contribution is 2.28. The summed E-state index contributed by atoms with van der Waals surface area (Å²) in [7, 11) is 5.79. The molecule has 2 aromatic carbocycles. The molecule has 0 aliphatic carbocycles. The zero-order chi connectivity index (χ0) is 22.5. The fourth-order valence-electron chi connectivity index (χ4n) is 3.75. The molecule has 168 valence electrons. The van der Waals surface area contributed by atoms with Crippen LogP contribution >= 0.6 is 0 Å². The Morgan fingerprint density at radius 1 is 1.19 bits per heavy atom. The van der Waals surface area contributed by atoms with Crippen LogP contribution in [0.25, 0.3) is 0 Å². The number of rotatable bonds is 8. The van der Waals surface area contributed by atoms with E-state index in [0.717, 1.165) is 31.5 Å². The molecule has 1 heterocycles. The van der Waals surface area contributed by atoms with E-state index in [1.165, 1.54) is 11.0 Å². The summed E-state index contributed by atoms with van der Waals surface area (Å²) >= 11 is 0. The van der Waals surface area contributed by atoms with Gasteiger partial charge in [-0.05, 0) is 69.8 Å². The molecule has 0 saturated carbocycles. The molecule has 1 amide bonds. The molecule has 0 radical (unpaired) electrons. The Labute approximate surface area is 185 Å². The van der Waals surface area contributed by atoms with Crippen molar-refractivity contribution < 1.29 is 13.9 Å². The van der Waals surface area contributed by atoms with Crippen LogP contribution in [-0.4, -0.2) is 57.2 Å². The number of hydrogen-bond acceptors (Lipinski definition) is 4. The molecule has 5 nitrogen and oxygen atoms in total. The third-order valence-corrected chi connectivity index (χ3v) is 6.17. The molecule has 1 fully saturated rings. The second kappa shape index (κ2) is 10.2. The van der Waals surface area contributed by atoms with E-state index in [1.54, 1.807) is 25.2 Å². The minimum atomic E-state index is -0.297. The minimum Gasteiger partial charge on any atom is -0.374 e. The molecule has 6 heteroatoms. The van der Waals surface area contributed by atoms with Gasteiger partial charge in [-0.1, -0.05) is 19.1 Å². The summed E-state index contributed by atoms with van der Waals surface area (Å²) in [6, 6.07) is 12.9. The van der Waals surface area contributed by atoms with Gasteiger partial charge in [0.15, 0.2) is 0 Å². The Bertz CT molecular complexity index is 885. The number of nitrogens with zero attached hydrogens (tertiary/aromatic N) is 3. The zero-order valence-corrected chi connectivity index (χ0v) is 19.3. The predicted octanol–water partition coefficient (Wildman–Crippen LogP) is 4.56. The van der Waals surface area contributed by atoms with Crippen LogP contribution in [0.2, 0.25) is 0 Å². The number of halogens is 1. The first kappa shape index (κ1) is 23.2. The molecule has 0 spiro atoms. The number of carbonyl (C=O) groups is 1. The predicted molar refractivity (Wildman–Crippen MR) is 124 cm³/mol. The summed E-state index contributed by atoms with van der Waals surface area (Å²) in [5.41, 5.74) is 2.72. The zero-order valence-electron chi connectivity index (χ0n) is 19.3. The Kier molecular flexibility index (Phi) is 7.68. The van der Waals surface area contributed by atoms with Gasteiger partial charge in [0.1, 0.15) is 5.82 Å². The maximum atomic E-state index is 14.9. The van der Waals surface area contributed by atoms with Crippen LogP contribution in [-0.2, 0) is 11.3 Å². The molecule has 0 N–H and O–H groups in total. The smallest absolute Gasteiger partial charge is 0.258 e. The van der Waals surface area contributed by atoms with E-state index in [1.807, 2.05) is 25.1 Å². The Hall–Kier alpha value is -2.44. The van der Waals surface area contributed by atoms with Crippen molar-refractivity contribution in [3.8, 4) is 0 Å². The SMILES string of the molecule is CCC(C)OCc1ccc(C(=O)N(C)c2ccc(N3CCC(N(C)C)C3)c(F)c2)cc1. The third kappa shape index (κ3) is 5.63. The number of amides is 1. The van der Waals surface area contributed by atoms with Gasteiger partial charge in [-0.25, -0.2) is 4.39 Å². The molecular formula is C25H34FN3O2. The maximum absolute atomic E-state index is 14.9. The van der Waals surface area contributed by atoms with Gasteiger partial charge in [0, 0.05) is 37.4 Å². The van der Waals surface area contributed by atoms with E-state index in [9.17, 15) is 9.18 Å². The normalized spacial score (nSPS) is 17.3. The van der Waals surface area contributed by atoms with Gasteiger partial charge in [-0.15, -0.1) is 0 Å². The average molecular weight is 428 g/mol. The lowest BCUT2D eigenvalue weighted by Gasteiger charge is -2.24. The quantitative estimate of drug-likeness (QED) is 0.619. The van der Waals surface area contributed by atoms with Gasteiger partial charge in [0.25, 0.3) is 5.91 Å². The van der Waals surface area contributed by atoms with E-state index < -0.39 is 0 Å². The van der Waals surface area contributed by atoms with Gasteiger partial charge in [-0.3, -0.25) is 4.79 Å². The van der Waals surface area contributed by atoms with E-state index in [2.05, 4.69) is 30.8 Å². The van der Waals surface area contributed by atoms with Crippen molar-refractivity contribution in [2.75, 3.05) is 44.0 Å². The first-order valence-corrected chi connectivity index (χ1v) is 11.0. The van der Waals surface area contributed by atoms with Crippen molar-refractivity contribution >= 4 is 17.3 Å². The first-order chi connectivity index (χ1) is 14.8. The van der Waals surface area contributed by atoms with Crippen LogP contribution in [0.4, 0.5) is 15.8 Å². The van der Waals surface area contributed by atoms with Crippen LogP contribution in [0.3, 0.4) is 0 Å². The number of benzene rings is 2. The van der Waals surface area contributed by atoms with Crippen molar-refractivity contribution in [3.05, 3.63) is 59.4 Å². The van der Waals surface area contributed by atoms with Crippen molar-refractivity contribution in [1.29, 1.82) is 0 Å². The monoisotopic (exact) mass is 427 g/mol. The van der Waals surface area contributed by atoms with Gasteiger partial charge < -0.3 is 19.4 Å². The standard InChI is InChI=1S/C25H34FN3O2/c1-6-18(2)31-17-19-7-9-20(10-8-19)25(30)28(5)21-11-12-24(23(26)15-21)29-14-13-22(16-29)27(3)4/h7-12,15,18,22H,6,13-14,16-17H2,1-5H3. The van der Waals surface area contributed by atoms with Crippen LogP contribution < -0.4 is 9.80 Å². The number of anilines is 2. The fourth-order valence-corrected chi connectivity index (χ4v) is 3.75. The molecule has 0 bridgehead atoms. The highest BCUT2D eigenvalue weighted by Gasteiger charge is 2.26. The summed E-state index contributed by atoms with van der Waals surface area (Å²) in [5.74, 6) is -0.468. The van der Waals surface area contributed by atoms with E-state index in [0.29, 0.717) is 29.6 Å². The van der Waals surface area contributed by atoms with Crippen molar-refractivity contribution in [1.82, 2.24) is 4.90 Å². The molecule has 0 aromatic heterocycles. The topological polar surface area (TPSA) is 36.0 Å². The molecule has 1 aliphatic heterocycles. The van der Waals surface area contributed by atoms with E-state index >= 15 is 0 Å². The Balaban J connectivity index is 1.66. The number of carbonyl (C=O) groups excluding carboxylic acids is 1. The maximum Gasteiger partial charge on any atom is 0.258 e. The molecule has 3 rings (SSSR count). The lowest BCUT2D eigenvalue weighted by Crippen LogP contribution is -2.31. The highest BCUT2D eigenvalue weighted by atomic mass is 19.1. The summed E-state index contributed by atoms with van der Waals surface area (Å²) < 4.78 is 20.6. The lowest BCUT2D eigenvalue weighted by atomic mass is 10.1. The summed E-state index contributed by atoms with van der Waals surface area (Å²) in [4.78, 5) is 18.6. The number of likely N-dealkylation sites (N-methyl/N-ethyl adjacent to an activating group) is 1. The van der Waals surface area contributed by atoms with Gasteiger partial charge >= 0.3 is 0 Å². The summed E-state index contributed by atoms with van der Waals surface area (Å²) in [6.07, 6.45) is 2.19. The second-order valence-corrected chi connectivity index (χ2v) is 8.58. The number of ether oxygens (including phenoxy) is 1. The van der Waals surface area contributed by atoms with Crippen molar-refractivity contribution in [2.45, 2.75) is 45.4 Å². The number of hydrogen-bond donors (Lipinski definition) is 0. The molecular weight excluding hydrogens is 393 g/mol. The molecule has 1 aliphatic rings. The summed E-state index contributed by atoms with van der Waals surface area (Å²) in [6.45, 7) is 6.30. The largest absolute Gasteiger partial charge is 0.374 e. The average Bonchev–Trinajstić information content (AvgIpc) is 3.27. The molecule has 2 unspecified atom stereocenters. The van der Waals surface area contributed by atoms with Gasteiger partial charge in [-0.2, -0.15) is 0 Å². The Morgan fingerprint density at radius 3 is 2.48 bits per heavy atom. The van der Waals surface area contributed by atoms with E-state index in [4.69, 9.17) is 4.74 Å². The fraction of sp³-hybridized carbons (Fsp3) is 0.480. The molecule has 2 atom stereocenters. The third-order valence-electron chi connectivity index (χ3n) is 6.17. The van der Waals surface area contributed by atoms with Crippen molar-refractivity contribution in [3.63, 3.8) is 0 Å². The first-order valence-electron chi connectivity index (χ1n) is 11.0. The summed E-state index contributed by atoms with van der Waals surface area (Å²) in [5, 5.41) is 0. The van der Waals surface area contributed by atoms with Crippen LogP contribution in [0.1, 0.15) is 42.6 Å². The van der Waals surface area contributed by atoms with Crippen LogP contribution in [0.15, 0.2) is 42.5 Å². The molecule has 2 aromatic rings. The lowest BCUT2D eigenvalue weighted by molar-refractivity contribution is 0.0508. The van der Waals surface area contributed by atoms with Crippen LogP contribution in [0.5, 0.6) is 0 Å². The molecule has 1 saturated heterocycles. The highest BCUT2D eigenvalue weighted by molar-refractivity contribution is 6.05. The Morgan fingerprint density at radius 2 is 1.90 bits per heavy atom. The minimum absolute atomic E-state index is 0.171. The molecule has 31 heavy (non-hydrogen) atoms. The second-order valence-electron chi connectivity index (χ2n) is 8.58.